The fourth-order valence-corrected chi connectivity index (χ4v) is 1.68. The summed E-state index contributed by atoms with van der Waals surface area (Å²) in [6, 6.07) is 10.5. The first-order valence-corrected chi connectivity index (χ1v) is 6.13. The predicted octanol–water partition coefficient (Wildman–Crippen LogP) is 3.98. The molecule has 0 bridgehead atoms. The smallest absolute Gasteiger partial charge is 0.399 e. The molecule has 2 rings (SSSR count). The normalized spacial score (nSPS) is 11.3. The molecule has 0 saturated heterocycles. The maximum absolute atomic E-state index is 13.9. The van der Waals surface area contributed by atoms with E-state index < -0.39 is 23.7 Å². The number of ether oxygens (including phenoxy) is 1. The van der Waals surface area contributed by atoms with E-state index in [4.69, 9.17) is 0 Å². The first-order chi connectivity index (χ1) is 10.4. The number of hydrogen-bond donors (Lipinski definition) is 2. The number of rotatable bonds is 5. The second-order valence-corrected chi connectivity index (χ2v) is 4.24. The average molecular weight is 318 g/mol. The minimum atomic E-state index is -5.17. The standard InChI is InChI=1S/C14H11F5N2O/c15-11-7-6-9(12(16)13(11)22-14(17,18)19)8-20-21-10-4-2-1-3-5-10/h1-7,20-21H,8H2. The predicted molar refractivity (Wildman–Crippen MR) is 69.9 cm³/mol. The molecule has 22 heavy (non-hydrogen) atoms. The Hall–Kier alpha value is -2.35. The van der Waals surface area contributed by atoms with Crippen LogP contribution in [-0.4, -0.2) is 6.36 Å². The highest BCUT2D eigenvalue weighted by molar-refractivity contribution is 5.41. The third-order valence-electron chi connectivity index (χ3n) is 2.63. The van der Waals surface area contributed by atoms with Gasteiger partial charge in [-0.15, -0.1) is 13.2 Å². The zero-order valence-electron chi connectivity index (χ0n) is 11.0. The molecule has 0 aliphatic rings. The number of halogens is 5. The van der Waals surface area contributed by atoms with Crippen LogP contribution in [0, 0.1) is 11.6 Å². The summed E-state index contributed by atoms with van der Waals surface area (Å²) in [5.41, 5.74) is 5.85. The van der Waals surface area contributed by atoms with Gasteiger partial charge >= 0.3 is 6.36 Å². The van der Waals surface area contributed by atoms with Crippen molar-refractivity contribution in [1.29, 1.82) is 0 Å². The number of alkyl halides is 3. The maximum atomic E-state index is 13.9. The quantitative estimate of drug-likeness (QED) is 0.646. The second-order valence-electron chi connectivity index (χ2n) is 4.24. The zero-order chi connectivity index (χ0) is 16.2. The van der Waals surface area contributed by atoms with Gasteiger partial charge in [0.25, 0.3) is 0 Å². The molecule has 0 spiro atoms. The van der Waals surface area contributed by atoms with Gasteiger partial charge in [0, 0.05) is 17.8 Å². The Morgan fingerprint density at radius 3 is 2.27 bits per heavy atom. The SMILES string of the molecule is Fc1ccc(CNNc2ccccc2)c(F)c1OC(F)(F)F. The number of hydrazine groups is 1. The minimum Gasteiger partial charge on any atom is -0.399 e. The highest BCUT2D eigenvalue weighted by Crippen LogP contribution is 2.30. The van der Waals surface area contributed by atoms with Gasteiger partial charge in [-0.1, -0.05) is 24.3 Å². The second kappa shape index (κ2) is 6.61. The van der Waals surface area contributed by atoms with Crippen molar-refractivity contribution in [2.24, 2.45) is 0 Å². The molecule has 3 nitrogen and oxygen atoms in total. The highest BCUT2D eigenvalue weighted by Gasteiger charge is 2.34. The van der Waals surface area contributed by atoms with E-state index in [1.54, 1.807) is 30.3 Å². The number of para-hydroxylation sites is 1. The Morgan fingerprint density at radius 1 is 0.955 bits per heavy atom. The molecular weight excluding hydrogens is 307 g/mol. The first kappa shape index (κ1) is 16.0. The lowest BCUT2D eigenvalue weighted by molar-refractivity contribution is -0.276. The van der Waals surface area contributed by atoms with Crippen molar-refractivity contribution >= 4 is 5.69 Å². The number of hydrogen-bond acceptors (Lipinski definition) is 3. The van der Waals surface area contributed by atoms with Crippen LogP contribution in [0.1, 0.15) is 5.56 Å². The molecule has 0 unspecified atom stereocenters. The monoisotopic (exact) mass is 318 g/mol. The molecule has 0 aromatic heterocycles. The lowest BCUT2D eigenvalue weighted by Crippen LogP contribution is -2.23. The summed E-state index contributed by atoms with van der Waals surface area (Å²) in [5.74, 6) is -4.29. The third-order valence-corrected chi connectivity index (χ3v) is 2.63. The average Bonchev–Trinajstić information content (AvgIpc) is 2.46. The van der Waals surface area contributed by atoms with Gasteiger partial charge < -0.3 is 10.2 Å². The Balaban J connectivity index is 2.07. The van der Waals surface area contributed by atoms with Gasteiger partial charge in [-0.3, -0.25) is 0 Å². The van der Waals surface area contributed by atoms with E-state index in [1.807, 2.05) is 0 Å². The Labute approximate surface area is 122 Å². The fourth-order valence-electron chi connectivity index (χ4n) is 1.68. The molecule has 2 aromatic rings. The number of nitrogens with one attached hydrogen (secondary N) is 2. The Kier molecular flexibility index (Phi) is 4.81. The molecule has 8 heteroatoms. The van der Waals surface area contributed by atoms with Crippen LogP contribution < -0.4 is 15.6 Å². The largest absolute Gasteiger partial charge is 0.573 e. The summed E-state index contributed by atoms with van der Waals surface area (Å²) in [7, 11) is 0. The molecule has 2 N–H and O–H groups in total. The summed E-state index contributed by atoms with van der Waals surface area (Å²) >= 11 is 0. The van der Waals surface area contributed by atoms with E-state index in [9.17, 15) is 22.0 Å². The topological polar surface area (TPSA) is 33.3 Å². The summed E-state index contributed by atoms with van der Waals surface area (Å²) in [5, 5.41) is 0. The molecule has 0 atom stereocenters. The van der Waals surface area contributed by atoms with E-state index in [0.29, 0.717) is 11.8 Å². The van der Waals surface area contributed by atoms with Crippen molar-refractivity contribution in [3.8, 4) is 5.75 Å². The van der Waals surface area contributed by atoms with E-state index >= 15 is 0 Å². The molecule has 0 aliphatic heterocycles. The van der Waals surface area contributed by atoms with Crippen molar-refractivity contribution in [3.05, 3.63) is 59.7 Å². The van der Waals surface area contributed by atoms with Gasteiger partial charge in [0.2, 0.25) is 5.75 Å². The molecule has 0 aliphatic carbocycles. The van der Waals surface area contributed by atoms with Gasteiger partial charge in [-0.05, 0) is 18.2 Å². The van der Waals surface area contributed by atoms with Crippen molar-refractivity contribution in [2.45, 2.75) is 12.9 Å². The van der Waals surface area contributed by atoms with Crippen molar-refractivity contribution in [3.63, 3.8) is 0 Å². The van der Waals surface area contributed by atoms with Crippen LogP contribution in [-0.2, 0) is 6.54 Å². The van der Waals surface area contributed by atoms with Crippen LogP contribution in [0.3, 0.4) is 0 Å². The van der Waals surface area contributed by atoms with Gasteiger partial charge in [-0.25, -0.2) is 14.2 Å². The van der Waals surface area contributed by atoms with Gasteiger partial charge in [0.05, 0.1) is 0 Å². The van der Waals surface area contributed by atoms with Gasteiger partial charge in [-0.2, -0.15) is 0 Å². The Bertz CT molecular complexity index is 631. The molecule has 0 fully saturated rings. The van der Waals surface area contributed by atoms with Crippen LogP contribution in [0.15, 0.2) is 42.5 Å². The minimum absolute atomic E-state index is 0.171. The lowest BCUT2D eigenvalue weighted by atomic mass is 10.2. The fraction of sp³-hybridized carbons (Fsp3) is 0.143. The molecule has 2 aromatic carbocycles. The molecule has 0 radical (unpaired) electrons. The van der Waals surface area contributed by atoms with Crippen LogP contribution in [0.25, 0.3) is 0 Å². The lowest BCUT2D eigenvalue weighted by Gasteiger charge is -2.14. The van der Waals surface area contributed by atoms with E-state index in [2.05, 4.69) is 15.6 Å². The van der Waals surface area contributed by atoms with Gasteiger partial charge in [0.15, 0.2) is 11.6 Å². The number of anilines is 1. The van der Waals surface area contributed by atoms with Crippen molar-refractivity contribution in [2.75, 3.05) is 5.43 Å². The first-order valence-electron chi connectivity index (χ1n) is 6.13. The maximum Gasteiger partial charge on any atom is 0.573 e. The third kappa shape index (κ3) is 4.32. The molecule has 0 amide bonds. The van der Waals surface area contributed by atoms with E-state index in [-0.39, 0.29) is 12.1 Å². The van der Waals surface area contributed by atoms with Crippen LogP contribution in [0.2, 0.25) is 0 Å². The van der Waals surface area contributed by atoms with Crippen molar-refractivity contribution in [1.82, 2.24) is 5.43 Å². The van der Waals surface area contributed by atoms with Crippen molar-refractivity contribution < 1.29 is 26.7 Å². The zero-order valence-corrected chi connectivity index (χ0v) is 11.0. The van der Waals surface area contributed by atoms with Crippen LogP contribution in [0.4, 0.5) is 27.6 Å². The highest BCUT2D eigenvalue weighted by atomic mass is 19.4. The number of benzene rings is 2. The Morgan fingerprint density at radius 2 is 1.64 bits per heavy atom. The molecule has 0 saturated carbocycles. The van der Waals surface area contributed by atoms with Crippen LogP contribution >= 0.6 is 0 Å². The summed E-state index contributed by atoms with van der Waals surface area (Å²) in [4.78, 5) is 0. The molecule has 0 heterocycles. The van der Waals surface area contributed by atoms with E-state index in [1.165, 1.54) is 0 Å². The molecule has 118 valence electrons. The van der Waals surface area contributed by atoms with Gasteiger partial charge in [0.1, 0.15) is 0 Å². The summed E-state index contributed by atoms with van der Waals surface area (Å²) in [6.45, 7) is -0.171. The van der Waals surface area contributed by atoms with E-state index in [0.717, 1.165) is 6.07 Å². The van der Waals surface area contributed by atoms with Crippen LogP contribution in [0.5, 0.6) is 5.75 Å². The summed E-state index contributed by atoms with van der Waals surface area (Å²) in [6.07, 6.45) is -5.17. The summed E-state index contributed by atoms with van der Waals surface area (Å²) < 4.78 is 66.8. The molecular formula is C14H11F5N2O.